The summed E-state index contributed by atoms with van der Waals surface area (Å²) >= 11 is 0. The van der Waals surface area contributed by atoms with Gasteiger partial charge in [-0.15, -0.1) is 0 Å². The Morgan fingerprint density at radius 1 is 1.15 bits per heavy atom. The minimum Gasteiger partial charge on any atom is -0.497 e. The number of hydrogen-bond donors (Lipinski definition) is 0. The van der Waals surface area contributed by atoms with E-state index < -0.39 is 0 Å². The van der Waals surface area contributed by atoms with Crippen molar-refractivity contribution in [2.75, 3.05) is 20.8 Å². The molecule has 20 heavy (non-hydrogen) atoms. The van der Waals surface area contributed by atoms with Gasteiger partial charge in [-0.2, -0.15) is 0 Å². The van der Waals surface area contributed by atoms with Crippen molar-refractivity contribution in [1.82, 2.24) is 0 Å². The molecule has 0 N–H and O–H groups in total. The highest BCUT2D eigenvalue weighted by atomic mass is 16.5. The Morgan fingerprint density at radius 2 is 2.00 bits per heavy atom. The van der Waals surface area contributed by atoms with Gasteiger partial charge in [0.1, 0.15) is 11.5 Å². The molecule has 0 aromatic heterocycles. The molecule has 0 aliphatic heterocycles. The van der Waals surface area contributed by atoms with Gasteiger partial charge in [0, 0.05) is 26.6 Å². The monoisotopic (exact) mass is 272 g/mol. The number of ketones is 1. The molecule has 0 radical (unpaired) electrons. The van der Waals surface area contributed by atoms with Gasteiger partial charge >= 0.3 is 0 Å². The van der Waals surface area contributed by atoms with Crippen molar-refractivity contribution in [3.8, 4) is 5.75 Å². The van der Waals surface area contributed by atoms with Gasteiger partial charge in [-0.1, -0.05) is 24.3 Å². The Balaban J connectivity index is 2.18. The highest BCUT2D eigenvalue weighted by molar-refractivity contribution is 5.91. The van der Waals surface area contributed by atoms with Gasteiger partial charge in [0.25, 0.3) is 0 Å². The van der Waals surface area contributed by atoms with Crippen LogP contribution in [-0.2, 0) is 16.0 Å². The highest BCUT2D eigenvalue weighted by Gasteiger charge is 2.08. The van der Waals surface area contributed by atoms with E-state index >= 15 is 0 Å². The van der Waals surface area contributed by atoms with E-state index in [-0.39, 0.29) is 5.78 Å². The normalized spacial score (nSPS) is 10.7. The van der Waals surface area contributed by atoms with Crippen LogP contribution in [0.2, 0.25) is 0 Å². The van der Waals surface area contributed by atoms with E-state index in [1.165, 1.54) is 0 Å². The molecule has 0 saturated heterocycles. The lowest BCUT2D eigenvalue weighted by molar-refractivity contribution is -0.118. The van der Waals surface area contributed by atoms with Crippen molar-refractivity contribution >= 4 is 16.6 Å². The summed E-state index contributed by atoms with van der Waals surface area (Å²) < 4.78 is 10.2. The quantitative estimate of drug-likeness (QED) is 0.725. The molecular weight excluding hydrogens is 252 g/mol. The molecule has 2 aromatic carbocycles. The van der Waals surface area contributed by atoms with Gasteiger partial charge in [0.05, 0.1) is 7.11 Å². The van der Waals surface area contributed by atoms with Gasteiger partial charge in [0.15, 0.2) is 0 Å². The van der Waals surface area contributed by atoms with Crippen molar-refractivity contribution in [3.05, 3.63) is 42.0 Å². The number of carbonyl (C=O) groups excluding carboxylic acids is 1. The first-order valence-electron chi connectivity index (χ1n) is 6.81. The van der Waals surface area contributed by atoms with Crippen LogP contribution >= 0.6 is 0 Å². The molecule has 0 amide bonds. The molecule has 0 bridgehead atoms. The summed E-state index contributed by atoms with van der Waals surface area (Å²) in [4.78, 5) is 12.0. The molecule has 3 heteroatoms. The Hall–Kier alpha value is -1.87. The van der Waals surface area contributed by atoms with Crippen LogP contribution < -0.4 is 4.74 Å². The predicted octanol–water partition coefficient (Wildman–Crippen LogP) is 3.39. The molecule has 0 saturated carbocycles. The van der Waals surface area contributed by atoms with Crippen molar-refractivity contribution in [3.63, 3.8) is 0 Å². The summed E-state index contributed by atoms with van der Waals surface area (Å²) in [6.45, 7) is 0.634. The van der Waals surface area contributed by atoms with Gasteiger partial charge in [0.2, 0.25) is 0 Å². The first-order chi connectivity index (χ1) is 9.74. The van der Waals surface area contributed by atoms with Crippen LogP contribution in [-0.4, -0.2) is 26.6 Å². The van der Waals surface area contributed by atoms with Crippen molar-refractivity contribution < 1.29 is 14.3 Å². The van der Waals surface area contributed by atoms with Gasteiger partial charge < -0.3 is 9.47 Å². The van der Waals surface area contributed by atoms with Gasteiger partial charge in [-0.05, 0) is 34.9 Å². The second-order valence-corrected chi connectivity index (χ2v) is 4.82. The van der Waals surface area contributed by atoms with E-state index in [1.54, 1.807) is 14.2 Å². The van der Waals surface area contributed by atoms with E-state index in [4.69, 9.17) is 9.47 Å². The number of methoxy groups -OCH3 is 2. The number of fused-ring (bicyclic) bond motifs is 1. The largest absolute Gasteiger partial charge is 0.497 e. The van der Waals surface area contributed by atoms with Crippen LogP contribution in [0.3, 0.4) is 0 Å². The maximum absolute atomic E-state index is 12.0. The number of hydrogen-bond acceptors (Lipinski definition) is 3. The zero-order valence-corrected chi connectivity index (χ0v) is 12.0. The van der Waals surface area contributed by atoms with Gasteiger partial charge in [-0.3, -0.25) is 4.79 Å². The standard InChI is InChI=1S/C17H20O3/c1-19-10-4-7-15(18)11-14-6-3-5-13-8-9-16(20-2)12-17(13)14/h3,5-6,8-9,12H,4,7,10-11H2,1-2H3. The second kappa shape index (κ2) is 7.06. The molecule has 0 aliphatic rings. The summed E-state index contributed by atoms with van der Waals surface area (Å²) in [6.07, 6.45) is 1.81. The maximum Gasteiger partial charge on any atom is 0.137 e. The number of rotatable bonds is 7. The van der Waals surface area contributed by atoms with Crippen LogP contribution in [0.5, 0.6) is 5.75 Å². The molecule has 0 spiro atoms. The summed E-state index contributed by atoms with van der Waals surface area (Å²) in [5.74, 6) is 1.06. The fourth-order valence-corrected chi connectivity index (χ4v) is 2.31. The third-order valence-electron chi connectivity index (χ3n) is 3.37. The number of Topliss-reactive ketones (excluding diaryl/α,β-unsaturated/α-hetero) is 1. The SMILES string of the molecule is COCCCC(=O)Cc1cccc2ccc(OC)cc12. The lowest BCUT2D eigenvalue weighted by Gasteiger charge is -2.08. The molecule has 2 aromatic rings. The molecule has 2 rings (SSSR count). The predicted molar refractivity (Wildman–Crippen MR) is 80.3 cm³/mol. The topological polar surface area (TPSA) is 35.5 Å². The van der Waals surface area contributed by atoms with E-state index in [0.717, 1.165) is 28.5 Å². The van der Waals surface area contributed by atoms with E-state index in [2.05, 4.69) is 0 Å². The molecule has 0 fully saturated rings. The number of carbonyl (C=O) groups is 1. The highest BCUT2D eigenvalue weighted by Crippen LogP contribution is 2.24. The molecule has 0 unspecified atom stereocenters. The fourth-order valence-electron chi connectivity index (χ4n) is 2.31. The van der Waals surface area contributed by atoms with E-state index in [9.17, 15) is 4.79 Å². The zero-order valence-electron chi connectivity index (χ0n) is 12.0. The minimum absolute atomic E-state index is 0.248. The van der Waals surface area contributed by atoms with Crippen molar-refractivity contribution in [1.29, 1.82) is 0 Å². The first-order valence-corrected chi connectivity index (χ1v) is 6.81. The lowest BCUT2D eigenvalue weighted by Crippen LogP contribution is -2.04. The van der Waals surface area contributed by atoms with E-state index in [1.807, 2.05) is 36.4 Å². The average Bonchev–Trinajstić information content (AvgIpc) is 2.47. The number of ether oxygens (including phenoxy) is 2. The molecule has 0 heterocycles. The second-order valence-electron chi connectivity index (χ2n) is 4.82. The minimum atomic E-state index is 0.248. The Bertz CT molecular complexity index is 590. The molecule has 3 nitrogen and oxygen atoms in total. The van der Waals surface area contributed by atoms with Crippen molar-refractivity contribution in [2.24, 2.45) is 0 Å². The summed E-state index contributed by atoms with van der Waals surface area (Å²) in [5, 5.41) is 2.22. The Labute approximate surface area is 119 Å². The third kappa shape index (κ3) is 3.58. The van der Waals surface area contributed by atoms with E-state index in [0.29, 0.717) is 19.4 Å². The molecule has 106 valence electrons. The average molecular weight is 272 g/mol. The number of benzene rings is 2. The van der Waals surface area contributed by atoms with Gasteiger partial charge in [-0.25, -0.2) is 0 Å². The first kappa shape index (κ1) is 14.5. The zero-order chi connectivity index (χ0) is 14.4. The molecule has 0 atom stereocenters. The lowest BCUT2D eigenvalue weighted by atomic mass is 9.99. The van der Waals surface area contributed by atoms with Crippen molar-refractivity contribution in [2.45, 2.75) is 19.3 Å². The fraction of sp³-hybridized carbons (Fsp3) is 0.353. The summed E-state index contributed by atoms with van der Waals surface area (Å²) in [6, 6.07) is 12.0. The van der Waals surface area contributed by atoms with Crippen LogP contribution in [0.15, 0.2) is 36.4 Å². The Morgan fingerprint density at radius 3 is 2.75 bits per heavy atom. The van der Waals surface area contributed by atoms with Crippen LogP contribution in [0.1, 0.15) is 18.4 Å². The maximum atomic E-state index is 12.0. The molecular formula is C17H20O3. The summed E-state index contributed by atoms with van der Waals surface area (Å²) in [7, 11) is 3.31. The summed E-state index contributed by atoms with van der Waals surface area (Å²) in [5.41, 5.74) is 1.06. The van der Waals surface area contributed by atoms with Crippen LogP contribution in [0.4, 0.5) is 0 Å². The smallest absolute Gasteiger partial charge is 0.137 e. The van der Waals surface area contributed by atoms with Crippen LogP contribution in [0.25, 0.3) is 10.8 Å². The Kier molecular flexibility index (Phi) is 5.13. The van der Waals surface area contributed by atoms with Crippen LogP contribution in [0, 0.1) is 0 Å². The third-order valence-corrected chi connectivity index (χ3v) is 3.37. The molecule has 0 aliphatic carbocycles.